The molecule has 1 N–H and O–H groups in total. The van der Waals surface area contributed by atoms with E-state index in [9.17, 15) is 14.0 Å². The van der Waals surface area contributed by atoms with Crippen LogP contribution in [0.1, 0.15) is 13.8 Å². The Hall–Kier alpha value is -2.80. The Labute approximate surface area is 161 Å². The quantitative estimate of drug-likeness (QED) is 0.688. The Morgan fingerprint density at radius 3 is 2.33 bits per heavy atom. The molecular weight excluding hydrogens is 377 g/mol. The van der Waals surface area contributed by atoms with Crippen LogP contribution < -0.4 is 14.8 Å². The molecule has 27 heavy (non-hydrogen) atoms. The molecule has 1 amide bonds. The average molecular weight is 396 g/mol. The van der Waals surface area contributed by atoms with Crippen molar-refractivity contribution in [3.63, 3.8) is 0 Å². The maximum atomic E-state index is 13.7. The summed E-state index contributed by atoms with van der Waals surface area (Å²) >= 11 is 5.65. The summed E-state index contributed by atoms with van der Waals surface area (Å²) in [7, 11) is 0. The first-order valence-electron chi connectivity index (χ1n) is 8.20. The highest BCUT2D eigenvalue weighted by atomic mass is 35.5. The van der Waals surface area contributed by atoms with Gasteiger partial charge in [-0.05, 0) is 56.3 Å². The number of carbonyl (C=O) groups excluding carboxylic acids is 2. The van der Waals surface area contributed by atoms with Gasteiger partial charge in [0.1, 0.15) is 17.3 Å². The minimum atomic E-state index is -1.13. The zero-order chi connectivity index (χ0) is 19.8. The maximum Gasteiger partial charge on any atom is 0.344 e. The molecule has 1 atom stereocenters. The number of esters is 1. The van der Waals surface area contributed by atoms with Gasteiger partial charge in [0.2, 0.25) is 0 Å². The number of amides is 1. The van der Waals surface area contributed by atoms with Gasteiger partial charge < -0.3 is 19.5 Å². The van der Waals surface area contributed by atoms with Crippen LogP contribution in [-0.2, 0) is 14.3 Å². The third-order valence-corrected chi connectivity index (χ3v) is 3.59. The number of carbonyl (C=O) groups is 2. The smallest absolute Gasteiger partial charge is 0.344 e. The molecule has 6 nitrogen and oxygen atoms in total. The molecule has 0 bridgehead atoms. The number of ether oxygens (including phenoxy) is 3. The fourth-order valence-corrected chi connectivity index (χ4v) is 2.21. The summed E-state index contributed by atoms with van der Waals surface area (Å²) in [5.74, 6) is -0.954. The lowest BCUT2D eigenvalue weighted by Gasteiger charge is -2.14. The van der Waals surface area contributed by atoms with Crippen molar-refractivity contribution in [2.24, 2.45) is 0 Å². The van der Waals surface area contributed by atoms with Gasteiger partial charge in [0.05, 0.1) is 12.3 Å². The van der Waals surface area contributed by atoms with Gasteiger partial charge in [-0.1, -0.05) is 11.6 Å². The molecule has 0 aliphatic carbocycles. The van der Waals surface area contributed by atoms with Crippen LogP contribution in [0.25, 0.3) is 0 Å². The van der Waals surface area contributed by atoms with E-state index in [1.807, 2.05) is 6.92 Å². The van der Waals surface area contributed by atoms with E-state index >= 15 is 0 Å². The monoisotopic (exact) mass is 395 g/mol. The van der Waals surface area contributed by atoms with Crippen molar-refractivity contribution in [3.05, 3.63) is 53.3 Å². The molecule has 2 rings (SSSR count). The van der Waals surface area contributed by atoms with Crippen molar-refractivity contribution in [2.75, 3.05) is 18.5 Å². The van der Waals surface area contributed by atoms with E-state index in [2.05, 4.69) is 5.32 Å². The Kier molecular flexibility index (Phi) is 7.43. The van der Waals surface area contributed by atoms with E-state index < -0.39 is 23.8 Å². The molecule has 0 spiro atoms. The number of halogens is 2. The highest BCUT2D eigenvalue weighted by Crippen LogP contribution is 2.19. The first-order valence-corrected chi connectivity index (χ1v) is 8.58. The average Bonchev–Trinajstić information content (AvgIpc) is 2.63. The lowest BCUT2D eigenvalue weighted by atomic mass is 10.3. The van der Waals surface area contributed by atoms with Crippen LogP contribution in [0.15, 0.2) is 42.5 Å². The van der Waals surface area contributed by atoms with E-state index in [0.717, 1.165) is 6.07 Å². The number of hydrogen-bond donors (Lipinski definition) is 1. The number of hydrogen-bond acceptors (Lipinski definition) is 5. The normalized spacial score (nSPS) is 11.4. The van der Waals surface area contributed by atoms with E-state index in [-0.39, 0.29) is 17.3 Å². The van der Waals surface area contributed by atoms with Gasteiger partial charge in [0.15, 0.2) is 12.7 Å². The van der Waals surface area contributed by atoms with Gasteiger partial charge in [0.25, 0.3) is 5.91 Å². The number of anilines is 1. The lowest BCUT2D eigenvalue weighted by molar-refractivity contribution is -0.155. The van der Waals surface area contributed by atoms with Gasteiger partial charge in [-0.3, -0.25) is 4.79 Å². The molecule has 0 radical (unpaired) electrons. The van der Waals surface area contributed by atoms with Gasteiger partial charge in [-0.15, -0.1) is 0 Å². The maximum absolute atomic E-state index is 13.7. The Bertz CT molecular complexity index is 797. The highest BCUT2D eigenvalue weighted by molar-refractivity contribution is 6.30. The van der Waals surface area contributed by atoms with Crippen LogP contribution in [0.3, 0.4) is 0 Å². The summed E-state index contributed by atoms with van der Waals surface area (Å²) < 4.78 is 29.3. The van der Waals surface area contributed by atoms with Crippen LogP contribution in [-0.4, -0.2) is 31.2 Å². The first kappa shape index (κ1) is 20.5. The van der Waals surface area contributed by atoms with E-state index in [1.165, 1.54) is 19.1 Å². The Morgan fingerprint density at radius 1 is 1.11 bits per heavy atom. The predicted molar refractivity (Wildman–Crippen MR) is 98.7 cm³/mol. The van der Waals surface area contributed by atoms with Crippen LogP contribution in [0.2, 0.25) is 5.02 Å². The third kappa shape index (κ3) is 6.45. The molecule has 0 aromatic heterocycles. The van der Waals surface area contributed by atoms with Gasteiger partial charge >= 0.3 is 5.97 Å². The fraction of sp³-hybridized carbons (Fsp3) is 0.263. The van der Waals surface area contributed by atoms with Crippen molar-refractivity contribution in [1.29, 1.82) is 0 Å². The zero-order valence-electron chi connectivity index (χ0n) is 14.8. The van der Waals surface area contributed by atoms with Gasteiger partial charge in [-0.2, -0.15) is 0 Å². The van der Waals surface area contributed by atoms with Crippen molar-refractivity contribution in [2.45, 2.75) is 20.0 Å². The first-order chi connectivity index (χ1) is 12.9. The number of nitrogens with one attached hydrogen (secondary N) is 1. The molecule has 0 aliphatic rings. The Morgan fingerprint density at radius 2 is 1.74 bits per heavy atom. The Balaban J connectivity index is 1.81. The van der Waals surface area contributed by atoms with Crippen LogP contribution >= 0.6 is 11.6 Å². The minimum Gasteiger partial charge on any atom is -0.494 e. The van der Waals surface area contributed by atoms with E-state index in [0.29, 0.717) is 18.1 Å². The van der Waals surface area contributed by atoms with Gasteiger partial charge in [-0.25, -0.2) is 9.18 Å². The van der Waals surface area contributed by atoms with Crippen molar-refractivity contribution >= 4 is 29.2 Å². The summed E-state index contributed by atoms with van der Waals surface area (Å²) in [6.45, 7) is 3.42. The SMILES string of the molecule is CCOc1ccc(OCC(=O)O[C@@H](C)C(=O)Nc2ccc(Cl)cc2F)cc1. The molecule has 2 aromatic rings. The summed E-state index contributed by atoms with van der Waals surface area (Å²) in [6.07, 6.45) is -1.13. The molecule has 0 heterocycles. The van der Waals surface area contributed by atoms with Crippen LogP contribution in [0.5, 0.6) is 11.5 Å². The van der Waals surface area contributed by atoms with E-state index in [1.54, 1.807) is 24.3 Å². The number of benzene rings is 2. The molecule has 8 heteroatoms. The number of rotatable bonds is 8. The standard InChI is InChI=1S/C19H19ClFNO5/c1-3-25-14-5-7-15(8-6-14)26-11-18(23)27-12(2)19(24)22-17-9-4-13(20)10-16(17)21/h4-10,12H,3,11H2,1-2H3,(H,22,24)/t12-/m0/s1. The van der Waals surface area contributed by atoms with Crippen LogP contribution in [0.4, 0.5) is 10.1 Å². The second kappa shape index (κ2) is 9.78. The highest BCUT2D eigenvalue weighted by Gasteiger charge is 2.19. The molecule has 0 saturated carbocycles. The predicted octanol–water partition coefficient (Wildman–Crippen LogP) is 3.83. The molecular formula is C19H19ClFNO5. The molecule has 0 saturated heterocycles. The second-order valence-electron chi connectivity index (χ2n) is 5.44. The molecule has 2 aromatic carbocycles. The molecule has 0 unspecified atom stereocenters. The van der Waals surface area contributed by atoms with Crippen LogP contribution in [0, 0.1) is 5.82 Å². The summed E-state index contributed by atoms with van der Waals surface area (Å²) in [5, 5.41) is 2.54. The lowest BCUT2D eigenvalue weighted by Crippen LogP contribution is -2.31. The summed E-state index contributed by atoms with van der Waals surface area (Å²) in [4.78, 5) is 23.8. The van der Waals surface area contributed by atoms with Crippen molar-refractivity contribution in [3.8, 4) is 11.5 Å². The third-order valence-electron chi connectivity index (χ3n) is 3.36. The zero-order valence-corrected chi connectivity index (χ0v) is 15.6. The summed E-state index contributed by atoms with van der Waals surface area (Å²) in [6, 6.07) is 10.5. The van der Waals surface area contributed by atoms with Crippen molar-refractivity contribution < 1.29 is 28.2 Å². The van der Waals surface area contributed by atoms with E-state index in [4.69, 9.17) is 25.8 Å². The van der Waals surface area contributed by atoms with Crippen molar-refractivity contribution in [1.82, 2.24) is 0 Å². The largest absolute Gasteiger partial charge is 0.494 e. The molecule has 0 aliphatic heterocycles. The second-order valence-corrected chi connectivity index (χ2v) is 5.88. The van der Waals surface area contributed by atoms with Gasteiger partial charge in [0, 0.05) is 5.02 Å². The fourth-order valence-electron chi connectivity index (χ4n) is 2.05. The molecule has 144 valence electrons. The summed E-state index contributed by atoms with van der Waals surface area (Å²) in [5.41, 5.74) is -0.0575. The minimum absolute atomic E-state index is 0.0575. The topological polar surface area (TPSA) is 73.9 Å². The molecule has 0 fully saturated rings.